The van der Waals surface area contributed by atoms with Crippen molar-refractivity contribution in [2.24, 2.45) is 0 Å². The molecule has 1 N–H and O–H groups in total. The third-order valence-electron chi connectivity index (χ3n) is 2.71. The molecule has 0 spiro atoms. The van der Waals surface area contributed by atoms with Crippen molar-refractivity contribution in [2.75, 3.05) is 0 Å². The molecule has 19 heavy (non-hydrogen) atoms. The molecule has 0 aliphatic heterocycles. The molecule has 1 aromatic heterocycles. The summed E-state index contributed by atoms with van der Waals surface area (Å²) in [7, 11) is 0. The number of aryl methyl sites for hydroxylation is 1. The Morgan fingerprint density at radius 2 is 2.05 bits per heavy atom. The number of aliphatic hydroxyl groups is 1. The normalized spacial score (nSPS) is 12.6. The highest BCUT2D eigenvalue weighted by Crippen LogP contribution is 2.31. The summed E-state index contributed by atoms with van der Waals surface area (Å²) >= 11 is 0. The fourth-order valence-electron chi connectivity index (χ4n) is 1.96. The second-order valence-electron chi connectivity index (χ2n) is 5.15. The first kappa shape index (κ1) is 13.8. The zero-order chi connectivity index (χ0) is 14.4. The molecule has 0 fully saturated rings. The number of rotatable bonds is 3. The number of aromatic nitrogens is 3. The van der Waals surface area contributed by atoms with Crippen LogP contribution in [0.4, 0.5) is 13.2 Å². The molecule has 2 rings (SSSR count). The SMILES string of the molecule is Cc1cc2nnn(CC(C)(C)O)c2c(C(F)F)c1F. The van der Waals surface area contributed by atoms with E-state index < -0.39 is 23.4 Å². The predicted octanol–water partition coefficient (Wildman–Crippen LogP) is 2.59. The fraction of sp³-hybridized carbons (Fsp3) is 0.500. The van der Waals surface area contributed by atoms with Gasteiger partial charge in [-0.05, 0) is 32.4 Å². The monoisotopic (exact) mass is 273 g/mol. The molecule has 4 nitrogen and oxygen atoms in total. The van der Waals surface area contributed by atoms with Crippen LogP contribution in [-0.2, 0) is 6.54 Å². The van der Waals surface area contributed by atoms with E-state index in [0.717, 1.165) is 4.68 Å². The lowest BCUT2D eigenvalue weighted by molar-refractivity contribution is 0.0581. The van der Waals surface area contributed by atoms with Gasteiger partial charge in [-0.3, -0.25) is 0 Å². The van der Waals surface area contributed by atoms with Gasteiger partial charge in [-0.15, -0.1) is 5.10 Å². The molecule has 0 amide bonds. The lowest BCUT2D eigenvalue weighted by Crippen LogP contribution is -2.27. The van der Waals surface area contributed by atoms with E-state index >= 15 is 0 Å². The number of hydrogen-bond donors (Lipinski definition) is 1. The summed E-state index contributed by atoms with van der Waals surface area (Å²) in [6.07, 6.45) is -2.97. The minimum atomic E-state index is -2.97. The Kier molecular flexibility index (Phi) is 3.25. The summed E-state index contributed by atoms with van der Waals surface area (Å²) in [6.45, 7) is 4.36. The van der Waals surface area contributed by atoms with Crippen LogP contribution in [0.3, 0.4) is 0 Å². The van der Waals surface area contributed by atoms with Crippen molar-refractivity contribution >= 4 is 11.0 Å². The molecule has 0 unspecified atom stereocenters. The first-order valence-corrected chi connectivity index (χ1v) is 5.73. The van der Waals surface area contributed by atoms with Crippen molar-refractivity contribution in [3.63, 3.8) is 0 Å². The Morgan fingerprint density at radius 1 is 1.42 bits per heavy atom. The summed E-state index contributed by atoms with van der Waals surface area (Å²) in [4.78, 5) is 0. The third-order valence-corrected chi connectivity index (χ3v) is 2.71. The van der Waals surface area contributed by atoms with E-state index in [9.17, 15) is 18.3 Å². The van der Waals surface area contributed by atoms with Crippen LogP contribution in [0.2, 0.25) is 0 Å². The quantitative estimate of drug-likeness (QED) is 0.935. The van der Waals surface area contributed by atoms with Crippen molar-refractivity contribution in [2.45, 2.75) is 39.3 Å². The van der Waals surface area contributed by atoms with Crippen LogP contribution >= 0.6 is 0 Å². The molecule has 0 saturated carbocycles. The minimum Gasteiger partial charge on any atom is -0.389 e. The van der Waals surface area contributed by atoms with Gasteiger partial charge < -0.3 is 5.11 Å². The molecule has 0 bridgehead atoms. The minimum absolute atomic E-state index is 0.0499. The second-order valence-corrected chi connectivity index (χ2v) is 5.15. The van der Waals surface area contributed by atoms with Crippen LogP contribution < -0.4 is 0 Å². The zero-order valence-electron chi connectivity index (χ0n) is 10.8. The number of benzene rings is 1. The zero-order valence-corrected chi connectivity index (χ0v) is 10.8. The van der Waals surface area contributed by atoms with Gasteiger partial charge in [0.25, 0.3) is 6.43 Å². The van der Waals surface area contributed by atoms with Crippen LogP contribution in [0, 0.1) is 12.7 Å². The van der Waals surface area contributed by atoms with Gasteiger partial charge >= 0.3 is 0 Å². The molecule has 0 radical (unpaired) electrons. The molecule has 2 aromatic rings. The Hall–Kier alpha value is -1.63. The first-order valence-electron chi connectivity index (χ1n) is 5.73. The van der Waals surface area contributed by atoms with Crippen LogP contribution in [0.25, 0.3) is 11.0 Å². The van der Waals surface area contributed by atoms with Crippen molar-refractivity contribution in [1.29, 1.82) is 0 Å². The standard InChI is InChI=1S/C12H14F3N3O/c1-6-4-7-10(8(9(6)13)11(14)15)18(17-16-7)5-12(2,3)19/h4,11,19H,5H2,1-3H3. The summed E-state index contributed by atoms with van der Waals surface area (Å²) in [5, 5.41) is 17.2. The van der Waals surface area contributed by atoms with Crippen molar-refractivity contribution < 1.29 is 18.3 Å². The second kappa shape index (κ2) is 4.48. The highest BCUT2D eigenvalue weighted by atomic mass is 19.3. The Morgan fingerprint density at radius 3 is 2.58 bits per heavy atom. The van der Waals surface area contributed by atoms with Gasteiger partial charge in [-0.2, -0.15) is 0 Å². The van der Waals surface area contributed by atoms with E-state index in [1.54, 1.807) is 0 Å². The summed E-state index contributed by atoms with van der Waals surface area (Å²) in [5.74, 6) is -0.957. The number of fused-ring (bicyclic) bond motifs is 1. The third kappa shape index (κ3) is 2.56. The first-order chi connectivity index (χ1) is 8.70. The highest BCUT2D eigenvalue weighted by molar-refractivity contribution is 5.79. The van der Waals surface area contributed by atoms with E-state index in [1.165, 1.54) is 26.8 Å². The Bertz CT molecular complexity index is 617. The van der Waals surface area contributed by atoms with Crippen molar-refractivity contribution in [1.82, 2.24) is 15.0 Å². The van der Waals surface area contributed by atoms with E-state index in [1.807, 2.05) is 0 Å². The molecule has 0 saturated heterocycles. The van der Waals surface area contributed by atoms with E-state index in [2.05, 4.69) is 10.3 Å². The molecule has 0 aliphatic rings. The molecule has 1 aromatic carbocycles. The Balaban J connectivity index is 2.72. The summed E-state index contributed by atoms with van der Waals surface area (Å²) < 4.78 is 41.1. The largest absolute Gasteiger partial charge is 0.389 e. The van der Waals surface area contributed by atoms with E-state index in [0.29, 0.717) is 0 Å². The number of hydrogen-bond acceptors (Lipinski definition) is 3. The average Bonchev–Trinajstić information content (AvgIpc) is 2.60. The predicted molar refractivity (Wildman–Crippen MR) is 63.5 cm³/mol. The van der Waals surface area contributed by atoms with Gasteiger partial charge in [0.2, 0.25) is 0 Å². The maximum Gasteiger partial charge on any atom is 0.268 e. The molecule has 0 atom stereocenters. The summed E-state index contributed by atoms with van der Waals surface area (Å²) in [6, 6.07) is 1.37. The Labute approximate surface area is 107 Å². The van der Waals surface area contributed by atoms with Gasteiger partial charge in [0.15, 0.2) is 0 Å². The van der Waals surface area contributed by atoms with Crippen molar-refractivity contribution in [3.05, 3.63) is 23.0 Å². The molecule has 1 heterocycles. The molecular formula is C12H14F3N3O. The fourth-order valence-corrected chi connectivity index (χ4v) is 1.96. The lowest BCUT2D eigenvalue weighted by atomic mass is 10.1. The van der Waals surface area contributed by atoms with Gasteiger partial charge in [-0.25, -0.2) is 17.9 Å². The molecule has 0 aliphatic carbocycles. The van der Waals surface area contributed by atoms with E-state index in [4.69, 9.17) is 0 Å². The highest BCUT2D eigenvalue weighted by Gasteiger charge is 2.25. The summed E-state index contributed by atoms with van der Waals surface area (Å²) in [5.41, 5.74) is -1.66. The van der Waals surface area contributed by atoms with Crippen LogP contribution in [0.5, 0.6) is 0 Å². The van der Waals surface area contributed by atoms with Gasteiger partial charge in [0.1, 0.15) is 16.9 Å². The molecular weight excluding hydrogens is 259 g/mol. The van der Waals surface area contributed by atoms with E-state index in [-0.39, 0.29) is 23.1 Å². The van der Waals surface area contributed by atoms with Crippen LogP contribution in [0.15, 0.2) is 6.07 Å². The van der Waals surface area contributed by atoms with Gasteiger partial charge in [0, 0.05) is 0 Å². The van der Waals surface area contributed by atoms with Crippen molar-refractivity contribution in [3.8, 4) is 0 Å². The topological polar surface area (TPSA) is 50.9 Å². The smallest absolute Gasteiger partial charge is 0.268 e. The maximum atomic E-state index is 13.9. The van der Waals surface area contributed by atoms with Gasteiger partial charge in [-0.1, -0.05) is 5.21 Å². The van der Waals surface area contributed by atoms with Gasteiger partial charge in [0.05, 0.1) is 17.7 Å². The molecule has 104 valence electrons. The molecule has 7 heteroatoms. The van der Waals surface area contributed by atoms with Crippen LogP contribution in [0.1, 0.15) is 31.4 Å². The lowest BCUT2D eigenvalue weighted by Gasteiger charge is -2.18. The number of halogens is 3. The maximum absolute atomic E-state index is 13.9. The van der Waals surface area contributed by atoms with Crippen LogP contribution in [-0.4, -0.2) is 25.7 Å². The number of alkyl halides is 2. The average molecular weight is 273 g/mol. The number of nitrogens with zero attached hydrogens (tertiary/aromatic N) is 3.